The number of amides is 1. The van der Waals surface area contributed by atoms with E-state index in [1.807, 2.05) is 0 Å². The Hall–Kier alpha value is -1.15. The molecule has 0 saturated carbocycles. The monoisotopic (exact) mass is 279 g/mol. The van der Waals surface area contributed by atoms with Crippen molar-refractivity contribution in [3.63, 3.8) is 0 Å². The molecule has 8 heteroatoms. The van der Waals surface area contributed by atoms with E-state index in [-0.39, 0.29) is 18.6 Å². The van der Waals surface area contributed by atoms with Gasteiger partial charge in [0.1, 0.15) is 11.3 Å². The normalized spacial score (nSPS) is 24.2. The van der Waals surface area contributed by atoms with Gasteiger partial charge in [0, 0.05) is 13.0 Å². The lowest BCUT2D eigenvalue weighted by Crippen LogP contribution is -2.49. The Morgan fingerprint density at radius 1 is 1.33 bits per heavy atom. The lowest BCUT2D eigenvalue weighted by Gasteiger charge is -2.23. The van der Waals surface area contributed by atoms with E-state index in [0.29, 0.717) is 12.8 Å². The predicted octanol–water partition coefficient (Wildman–Crippen LogP) is -1.09. The molecule has 0 bridgehead atoms. The van der Waals surface area contributed by atoms with E-state index < -0.39 is 39.6 Å². The van der Waals surface area contributed by atoms with Crippen LogP contribution >= 0.6 is 0 Å². The Morgan fingerprint density at radius 2 is 2.00 bits per heavy atom. The van der Waals surface area contributed by atoms with Crippen molar-refractivity contribution in [1.29, 1.82) is 0 Å². The largest absolute Gasteiger partial charge is 0.480 e. The fraction of sp³-hybridized carbons (Fsp3) is 0.800. The average Bonchev–Trinajstić information content (AvgIpc) is 2.27. The van der Waals surface area contributed by atoms with Crippen molar-refractivity contribution in [2.45, 2.75) is 37.0 Å². The molecule has 1 rings (SSSR count). The van der Waals surface area contributed by atoms with Gasteiger partial charge in [-0.3, -0.25) is 4.79 Å². The van der Waals surface area contributed by atoms with Gasteiger partial charge < -0.3 is 15.5 Å². The van der Waals surface area contributed by atoms with Gasteiger partial charge in [-0.05, 0) is 12.8 Å². The van der Waals surface area contributed by atoms with Gasteiger partial charge in [-0.2, -0.15) is 0 Å². The first kappa shape index (κ1) is 14.9. The summed E-state index contributed by atoms with van der Waals surface area (Å²) in [7, 11) is -3.48. The number of aliphatic hydroxyl groups is 1. The van der Waals surface area contributed by atoms with Crippen LogP contribution in [0.5, 0.6) is 0 Å². The minimum atomic E-state index is -3.48. The third-order valence-corrected chi connectivity index (χ3v) is 5.08. The summed E-state index contributed by atoms with van der Waals surface area (Å²) in [6.07, 6.45) is 1.24. The molecule has 0 radical (unpaired) electrons. The van der Waals surface area contributed by atoms with E-state index in [0.717, 1.165) is 0 Å². The number of carbonyl (C=O) groups is 2. The molecule has 0 spiro atoms. The molecule has 0 aromatic heterocycles. The molecule has 1 amide bonds. The van der Waals surface area contributed by atoms with Gasteiger partial charge in [0.15, 0.2) is 9.84 Å². The molecule has 1 fully saturated rings. The Labute approximate surface area is 105 Å². The number of hydrogen-bond donors (Lipinski definition) is 3. The molecule has 0 aromatic rings. The molecule has 0 aromatic carbocycles. The van der Waals surface area contributed by atoms with Crippen molar-refractivity contribution < 1.29 is 28.2 Å². The third-order valence-electron chi connectivity index (χ3n) is 2.90. The fourth-order valence-corrected chi connectivity index (χ4v) is 3.71. The first-order valence-corrected chi connectivity index (χ1v) is 7.45. The molecule has 1 saturated heterocycles. The molecule has 1 aliphatic rings. The lowest BCUT2D eigenvalue weighted by atomic mass is 10.1. The molecule has 104 valence electrons. The summed E-state index contributed by atoms with van der Waals surface area (Å²) in [6.45, 7) is -0.394. The van der Waals surface area contributed by atoms with Gasteiger partial charge in [0.25, 0.3) is 0 Å². The van der Waals surface area contributed by atoms with Gasteiger partial charge in [0.05, 0.1) is 5.75 Å². The molecule has 7 nitrogen and oxygen atoms in total. The molecule has 1 heterocycles. The second kappa shape index (κ2) is 6.14. The van der Waals surface area contributed by atoms with E-state index in [2.05, 4.69) is 5.32 Å². The second-order valence-electron chi connectivity index (χ2n) is 4.26. The Bertz CT molecular complexity index is 418. The van der Waals surface area contributed by atoms with Crippen LogP contribution in [-0.2, 0) is 19.4 Å². The van der Waals surface area contributed by atoms with Crippen molar-refractivity contribution in [3.05, 3.63) is 0 Å². The molecule has 3 N–H and O–H groups in total. The number of carboxylic acids is 1. The number of hydrogen-bond acceptors (Lipinski definition) is 5. The summed E-state index contributed by atoms with van der Waals surface area (Å²) in [6, 6.07) is -1.25. The first-order valence-electron chi connectivity index (χ1n) is 5.74. The van der Waals surface area contributed by atoms with E-state index in [1.54, 1.807) is 0 Å². The molecule has 2 unspecified atom stereocenters. The molecule has 0 aliphatic carbocycles. The summed E-state index contributed by atoms with van der Waals surface area (Å²) in [5, 5.41) is 18.5. The minimum Gasteiger partial charge on any atom is -0.480 e. The topological polar surface area (TPSA) is 121 Å². The highest BCUT2D eigenvalue weighted by molar-refractivity contribution is 7.92. The van der Waals surface area contributed by atoms with E-state index in [1.165, 1.54) is 0 Å². The molecular weight excluding hydrogens is 262 g/mol. The van der Waals surface area contributed by atoms with E-state index in [9.17, 15) is 18.0 Å². The predicted molar refractivity (Wildman–Crippen MR) is 62.7 cm³/mol. The number of aliphatic carboxylic acids is 1. The number of nitrogens with one attached hydrogen (secondary N) is 1. The second-order valence-corrected chi connectivity index (χ2v) is 6.57. The van der Waals surface area contributed by atoms with Crippen LogP contribution in [0.3, 0.4) is 0 Å². The standard InChI is InChI=1S/C10H17NO6S/c12-5-4-7(10(14)15)11-9(13)8-3-1-2-6-18(8,16)17/h7-8,12H,1-6H2,(H,11,13)(H,14,15). The zero-order valence-corrected chi connectivity index (χ0v) is 10.6. The van der Waals surface area contributed by atoms with Crippen LogP contribution in [0, 0.1) is 0 Å². The number of aliphatic hydroxyl groups excluding tert-OH is 1. The number of rotatable bonds is 5. The van der Waals surface area contributed by atoms with Crippen LogP contribution in [0.4, 0.5) is 0 Å². The number of carboxylic acid groups (broad SMARTS) is 1. The Balaban J connectivity index is 2.71. The zero-order chi connectivity index (χ0) is 13.8. The number of sulfone groups is 1. The maximum Gasteiger partial charge on any atom is 0.326 e. The molecule has 2 atom stereocenters. The number of carbonyl (C=O) groups excluding carboxylic acids is 1. The van der Waals surface area contributed by atoms with E-state index >= 15 is 0 Å². The van der Waals surface area contributed by atoms with E-state index in [4.69, 9.17) is 10.2 Å². The quantitative estimate of drug-likeness (QED) is 0.588. The summed E-state index contributed by atoms with van der Waals surface area (Å²) < 4.78 is 23.3. The van der Waals surface area contributed by atoms with Crippen LogP contribution in [0.25, 0.3) is 0 Å². The first-order chi connectivity index (χ1) is 8.38. The van der Waals surface area contributed by atoms with Gasteiger partial charge in [-0.1, -0.05) is 6.42 Å². The smallest absolute Gasteiger partial charge is 0.326 e. The molecule has 1 aliphatic heterocycles. The van der Waals surface area contributed by atoms with Crippen molar-refractivity contribution in [3.8, 4) is 0 Å². The van der Waals surface area contributed by atoms with Crippen LogP contribution in [0.15, 0.2) is 0 Å². The zero-order valence-electron chi connectivity index (χ0n) is 9.83. The SMILES string of the molecule is O=C(O)C(CCO)NC(=O)C1CCCCS1(=O)=O. The highest BCUT2D eigenvalue weighted by Gasteiger charge is 2.36. The van der Waals surface area contributed by atoms with Crippen LogP contribution < -0.4 is 5.32 Å². The summed E-state index contributed by atoms with van der Waals surface area (Å²) in [4.78, 5) is 22.6. The maximum absolute atomic E-state index is 11.8. The van der Waals surface area contributed by atoms with Crippen LogP contribution in [0.1, 0.15) is 25.7 Å². The highest BCUT2D eigenvalue weighted by Crippen LogP contribution is 2.19. The van der Waals surface area contributed by atoms with Crippen LogP contribution in [-0.4, -0.2) is 54.2 Å². The van der Waals surface area contributed by atoms with Crippen LogP contribution in [0.2, 0.25) is 0 Å². The van der Waals surface area contributed by atoms with Crippen molar-refractivity contribution in [1.82, 2.24) is 5.32 Å². The Morgan fingerprint density at radius 3 is 2.50 bits per heavy atom. The van der Waals surface area contributed by atoms with Gasteiger partial charge in [-0.25, -0.2) is 13.2 Å². The van der Waals surface area contributed by atoms with Gasteiger partial charge in [0.2, 0.25) is 5.91 Å². The fourth-order valence-electron chi connectivity index (χ4n) is 1.90. The Kier molecular flexibility index (Phi) is 5.09. The third kappa shape index (κ3) is 3.67. The minimum absolute atomic E-state index is 0.0389. The van der Waals surface area contributed by atoms with Crippen molar-refractivity contribution >= 4 is 21.7 Å². The van der Waals surface area contributed by atoms with Gasteiger partial charge in [-0.15, -0.1) is 0 Å². The van der Waals surface area contributed by atoms with Crippen molar-refractivity contribution in [2.75, 3.05) is 12.4 Å². The summed E-state index contributed by atoms with van der Waals surface area (Å²) in [5.74, 6) is -2.11. The van der Waals surface area contributed by atoms with Gasteiger partial charge >= 0.3 is 5.97 Å². The summed E-state index contributed by atoms with van der Waals surface area (Å²) in [5.41, 5.74) is 0. The highest BCUT2D eigenvalue weighted by atomic mass is 32.2. The molecular formula is C10H17NO6S. The maximum atomic E-state index is 11.8. The van der Waals surface area contributed by atoms with Crippen molar-refractivity contribution in [2.24, 2.45) is 0 Å². The molecule has 18 heavy (non-hydrogen) atoms. The average molecular weight is 279 g/mol. The summed E-state index contributed by atoms with van der Waals surface area (Å²) >= 11 is 0. The lowest BCUT2D eigenvalue weighted by molar-refractivity contribution is -0.142.